The number of halogens is 1. The molecule has 0 N–H and O–H groups in total. The lowest BCUT2D eigenvalue weighted by Crippen LogP contribution is -2.53. The second kappa shape index (κ2) is 11.1. The Bertz CT molecular complexity index is 433. The van der Waals surface area contributed by atoms with Crippen molar-refractivity contribution in [2.24, 2.45) is 17.8 Å². The molecule has 3 aliphatic carbocycles. The summed E-state index contributed by atoms with van der Waals surface area (Å²) < 4.78 is 0.299. The van der Waals surface area contributed by atoms with Gasteiger partial charge in [-0.25, -0.2) is 0 Å². The van der Waals surface area contributed by atoms with E-state index in [0.29, 0.717) is 4.75 Å². The topological polar surface area (TPSA) is 9.72 Å². The molecule has 3 nitrogen and oxygen atoms in total. The standard InChI is InChI=1S/C25H48ClN3S/c1-27(2)22-13-7-19(8-14-22)25(30-26,20-9-15-23(16-10-20)28(3)4)21-11-17-24(18-12-21)29(5)6/h19-24H,7-18H2,1-6H3. The third-order valence-electron chi connectivity index (χ3n) is 9.33. The largest absolute Gasteiger partial charge is 0.306 e. The molecule has 3 saturated carbocycles. The molecule has 0 aromatic carbocycles. The SMILES string of the molecule is CN(C)C1CCC(C(SCl)(C2CCC(N(C)C)CC2)C2CCC(N(C)C)CC2)CC1. The first-order valence-electron chi connectivity index (χ1n) is 12.6. The Kier molecular flexibility index (Phi) is 9.30. The zero-order valence-electron chi connectivity index (χ0n) is 20.6. The van der Waals surface area contributed by atoms with E-state index in [4.69, 9.17) is 10.7 Å². The van der Waals surface area contributed by atoms with Crippen molar-refractivity contribution in [3.05, 3.63) is 0 Å². The lowest BCUT2D eigenvalue weighted by Gasteiger charge is -2.55. The Labute approximate surface area is 196 Å². The van der Waals surface area contributed by atoms with Crippen LogP contribution in [0.3, 0.4) is 0 Å². The molecule has 0 radical (unpaired) electrons. The van der Waals surface area contributed by atoms with Crippen molar-refractivity contribution < 1.29 is 0 Å². The summed E-state index contributed by atoms with van der Waals surface area (Å²) in [5.41, 5.74) is 0. The van der Waals surface area contributed by atoms with Gasteiger partial charge in [-0.05, 0) is 159 Å². The van der Waals surface area contributed by atoms with Crippen molar-refractivity contribution in [1.82, 2.24) is 14.7 Å². The van der Waals surface area contributed by atoms with Crippen molar-refractivity contribution >= 4 is 21.7 Å². The minimum absolute atomic E-state index is 0.299. The second-order valence-electron chi connectivity index (χ2n) is 11.3. The molecule has 176 valence electrons. The first-order valence-corrected chi connectivity index (χ1v) is 14.2. The van der Waals surface area contributed by atoms with Gasteiger partial charge in [-0.1, -0.05) is 0 Å². The number of nitrogens with zero attached hydrogens (tertiary/aromatic N) is 3. The maximum absolute atomic E-state index is 7.01. The molecule has 0 heterocycles. The highest BCUT2D eigenvalue weighted by molar-refractivity contribution is 8.22. The highest BCUT2D eigenvalue weighted by Crippen LogP contribution is 2.59. The van der Waals surface area contributed by atoms with Crippen molar-refractivity contribution in [3.63, 3.8) is 0 Å². The molecule has 0 aromatic heterocycles. The van der Waals surface area contributed by atoms with Crippen molar-refractivity contribution in [2.75, 3.05) is 42.3 Å². The Hall–Kier alpha value is 0.520. The van der Waals surface area contributed by atoms with Crippen LogP contribution < -0.4 is 0 Å². The molecule has 0 aromatic rings. The van der Waals surface area contributed by atoms with Gasteiger partial charge in [0, 0.05) is 22.9 Å². The fourth-order valence-corrected chi connectivity index (χ4v) is 9.54. The molecule has 3 rings (SSSR count). The van der Waals surface area contributed by atoms with Gasteiger partial charge >= 0.3 is 0 Å². The highest BCUT2D eigenvalue weighted by Gasteiger charge is 2.53. The van der Waals surface area contributed by atoms with Gasteiger partial charge in [0.15, 0.2) is 0 Å². The van der Waals surface area contributed by atoms with Gasteiger partial charge in [-0.2, -0.15) is 0 Å². The minimum Gasteiger partial charge on any atom is -0.306 e. The van der Waals surface area contributed by atoms with Crippen LogP contribution in [0.2, 0.25) is 0 Å². The van der Waals surface area contributed by atoms with E-state index >= 15 is 0 Å². The average molecular weight is 458 g/mol. The summed E-state index contributed by atoms with van der Waals surface area (Å²) in [4.78, 5) is 7.36. The Morgan fingerprint density at radius 1 is 0.500 bits per heavy atom. The van der Waals surface area contributed by atoms with Crippen LogP contribution in [0, 0.1) is 17.8 Å². The van der Waals surface area contributed by atoms with E-state index in [0.717, 1.165) is 35.9 Å². The van der Waals surface area contributed by atoms with Gasteiger partial charge in [0.25, 0.3) is 0 Å². The molecule has 3 fully saturated rings. The van der Waals surface area contributed by atoms with Crippen molar-refractivity contribution in [2.45, 2.75) is 99.9 Å². The summed E-state index contributed by atoms with van der Waals surface area (Å²) in [6.07, 6.45) is 16.4. The smallest absolute Gasteiger partial charge is 0.0396 e. The van der Waals surface area contributed by atoms with E-state index in [-0.39, 0.29) is 0 Å². The summed E-state index contributed by atoms with van der Waals surface area (Å²) >= 11 is 0. The van der Waals surface area contributed by atoms with Crippen molar-refractivity contribution in [3.8, 4) is 0 Å². The molecule has 0 atom stereocenters. The Morgan fingerprint density at radius 2 is 0.733 bits per heavy atom. The summed E-state index contributed by atoms with van der Waals surface area (Å²) in [5.74, 6) is 2.41. The van der Waals surface area contributed by atoms with E-state index in [1.807, 2.05) is 0 Å². The summed E-state index contributed by atoms with van der Waals surface area (Å²) in [6, 6.07) is 2.31. The van der Waals surface area contributed by atoms with Crippen LogP contribution >= 0.6 is 21.7 Å². The summed E-state index contributed by atoms with van der Waals surface area (Å²) in [5, 5.41) is 0. The summed E-state index contributed by atoms with van der Waals surface area (Å²) in [6.45, 7) is 0. The molecule has 0 aliphatic heterocycles. The molecular formula is C25H48ClN3S. The lowest BCUT2D eigenvalue weighted by atomic mass is 9.60. The van der Waals surface area contributed by atoms with Crippen LogP contribution in [-0.4, -0.2) is 79.9 Å². The average Bonchev–Trinajstić information content (AvgIpc) is 2.75. The Morgan fingerprint density at radius 3 is 0.900 bits per heavy atom. The minimum atomic E-state index is 0.299. The van der Waals surface area contributed by atoms with E-state index in [2.05, 4.69) is 57.0 Å². The first-order chi connectivity index (χ1) is 14.3. The highest BCUT2D eigenvalue weighted by atomic mass is 35.7. The molecule has 30 heavy (non-hydrogen) atoms. The number of hydrogen-bond donors (Lipinski definition) is 0. The van der Waals surface area contributed by atoms with Crippen LogP contribution in [0.15, 0.2) is 0 Å². The molecule has 0 unspecified atom stereocenters. The van der Waals surface area contributed by atoms with E-state index < -0.39 is 0 Å². The monoisotopic (exact) mass is 457 g/mol. The Balaban J connectivity index is 1.79. The molecule has 0 saturated heterocycles. The van der Waals surface area contributed by atoms with Crippen LogP contribution in [0.25, 0.3) is 0 Å². The van der Waals surface area contributed by atoms with Gasteiger partial charge in [-0.3, -0.25) is 0 Å². The molecule has 3 aliphatic rings. The van der Waals surface area contributed by atoms with E-state index in [1.165, 1.54) is 77.0 Å². The number of rotatable bonds is 7. The second-order valence-corrected chi connectivity index (χ2v) is 12.7. The van der Waals surface area contributed by atoms with Gasteiger partial charge in [-0.15, -0.1) is 0 Å². The maximum Gasteiger partial charge on any atom is 0.0396 e. The normalized spacial score (nSPS) is 38.2. The van der Waals surface area contributed by atoms with Crippen LogP contribution in [0.1, 0.15) is 77.0 Å². The van der Waals surface area contributed by atoms with E-state index in [9.17, 15) is 0 Å². The third-order valence-corrected chi connectivity index (χ3v) is 11.4. The van der Waals surface area contributed by atoms with Crippen LogP contribution in [-0.2, 0) is 0 Å². The molecule has 0 bridgehead atoms. The van der Waals surface area contributed by atoms with Crippen LogP contribution in [0.5, 0.6) is 0 Å². The summed E-state index contributed by atoms with van der Waals surface area (Å²) in [7, 11) is 22.4. The van der Waals surface area contributed by atoms with Gasteiger partial charge < -0.3 is 14.7 Å². The van der Waals surface area contributed by atoms with Crippen LogP contribution in [0.4, 0.5) is 0 Å². The molecule has 5 heteroatoms. The number of hydrogen-bond acceptors (Lipinski definition) is 4. The van der Waals surface area contributed by atoms with Gasteiger partial charge in [0.05, 0.1) is 0 Å². The fraction of sp³-hybridized carbons (Fsp3) is 1.00. The zero-order valence-corrected chi connectivity index (χ0v) is 22.1. The quantitative estimate of drug-likeness (QED) is 0.465. The predicted molar refractivity (Wildman–Crippen MR) is 134 cm³/mol. The maximum atomic E-state index is 7.01. The van der Waals surface area contributed by atoms with Gasteiger partial charge in [0.2, 0.25) is 0 Å². The lowest BCUT2D eigenvalue weighted by molar-refractivity contribution is 0.0560. The first kappa shape index (κ1) is 25.1. The van der Waals surface area contributed by atoms with E-state index in [1.54, 1.807) is 11.0 Å². The predicted octanol–water partition coefficient (Wildman–Crippen LogP) is 5.97. The molecule has 0 amide bonds. The molecular weight excluding hydrogens is 410 g/mol. The fourth-order valence-electron chi connectivity index (χ4n) is 7.32. The van der Waals surface area contributed by atoms with Gasteiger partial charge in [0.1, 0.15) is 0 Å². The zero-order chi connectivity index (χ0) is 21.9. The van der Waals surface area contributed by atoms with Crippen molar-refractivity contribution in [1.29, 1.82) is 0 Å². The third kappa shape index (κ3) is 5.35. The molecule has 0 spiro atoms.